The van der Waals surface area contributed by atoms with Crippen molar-refractivity contribution in [1.82, 2.24) is 10.2 Å². The molecule has 3 aromatic rings. The van der Waals surface area contributed by atoms with E-state index in [1.807, 2.05) is 30.3 Å². The predicted octanol–water partition coefficient (Wildman–Crippen LogP) is 3.77. The van der Waals surface area contributed by atoms with Crippen LogP contribution in [0.15, 0.2) is 60.7 Å². The number of amides is 2. The average molecular weight is 387 g/mol. The zero-order valence-electron chi connectivity index (χ0n) is 16.1. The van der Waals surface area contributed by atoms with Crippen LogP contribution in [0.3, 0.4) is 0 Å². The van der Waals surface area contributed by atoms with Gasteiger partial charge in [0.15, 0.2) is 11.5 Å². The largest absolute Gasteiger partial charge is 0.339 e. The first-order valence-electron chi connectivity index (χ1n) is 9.48. The van der Waals surface area contributed by atoms with Gasteiger partial charge in [-0.3, -0.25) is 9.59 Å². The Hall–Kier alpha value is -3.74. The van der Waals surface area contributed by atoms with Gasteiger partial charge in [0.05, 0.1) is 0 Å². The molecule has 1 aromatic heterocycles. The van der Waals surface area contributed by atoms with Crippen LogP contribution in [0.25, 0.3) is 0 Å². The number of nitrogens with zero attached hydrogens (tertiary/aromatic N) is 3. The Morgan fingerprint density at radius 3 is 2.59 bits per heavy atom. The van der Waals surface area contributed by atoms with Gasteiger partial charge in [-0.15, -0.1) is 10.2 Å². The van der Waals surface area contributed by atoms with Crippen LogP contribution in [0.1, 0.15) is 29.4 Å². The molecule has 2 heterocycles. The smallest absolute Gasteiger partial charge is 0.278 e. The number of hydrogen-bond acceptors (Lipinski definition) is 5. The minimum Gasteiger partial charge on any atom is -0.339 e. The van der Waals surface area contributed by atoms with Gasteiger partial charge >= 0.3 is 0 Å². The SMILES string of the molecule is CC(=O)Nc1cccc(Nc2ccc(C(=O)N3CCCc4ccccc43)nn2)c1. The molecule has 0 bridgehead atoms. The van der Waals surface area contributed by atoms with Crippen LogP contribution in [0.4, 0.5) is 22.9 Å². The summed E-state index contributed by atoms with van der Waals surface area (Å²) in [5.74, 6) is 0.230. The van der Waals surface area contributed by atoms with Crippen LogP contribution in [-0.2, 0) is 11.2 Å². The lowest BCUT2D eigenvalue weighted by Crippen LogP contribution is -2.36. The topological polar surface area (TPSA) is 87.2 Å². The lowest BCUT2D eigenvalue weighted by Gasteiger charge is -2.29. The van der Waals surface area contributed by atoms with Crippen molar-refractivity contribution < 1.29 is 9.59 Å². The molecule has 146 valence electrons. The number of anilines is 4. The van der Waals surface area contributed by atoms with E-state index in [1.54, 1.807) is 29.2 Å². The fraction of sp³-hybridized carbons (Fsp3) is 0.182. The third kappa shape index (κ3) is 4.24. The zero-order chi connectivity index (χ0) is 20.2. The van der Waals surface area contributed by atoms with Gasteiger partial charge in [-0.25, -0.2) is 0 Å². The summed E-state index contributed by atoms with van der Waals surface area (Å²) in [5, 5.41) is 14.1. The first-order chi connectivity index (χ1) is 14.1. The van der Waals surface area contributed by atoms with E-state index in [2.05, 4.69) is 26.9 Å². The van der Waals surface area contributed by atoms with Crippen molar-refractivity contribution in [3.63, 3.8) is 0 Å². The third-order valence-corrected chi connectivity index (χ3v) is 4.69. The molecule has 0 spiro atoms. The Balaban J connectivity index is 1.49. The Kier molecular flexibility index (Phi) is 5.20. The van der Waals surface area contributed by atoms with Gasteiger partial charge in [-0.1, -0.05) is 24.3 Å². The van der Waals surface area contributed by atoms with Crippen molar-refractivity contribution >= 4 is 34.7 Å². The molecule has 0 fully saturated rings. The molecule has 2 N–H and O–H groups in total. The summed E-state index contributed by atoms with van der Waals surface area (Å²) in [6.45, 7) is 2.13. The number of carbonyl (C=O) groups excluding carboxylic acids is 2. The molecule has 0 radical (unpaired) electrons. The number of hydrogen-bond donors (Lipinski definition) is 2. The van der Waals surface area contributed by atoms with Gasteiger partial charge in [0.1, 0.15) is 0 Å². The highest BCUT2D eigenvalue weighted by Gasteiger charge is 2.24. The van der Waals surface area contributed by atoms with Crippen molar-refractivity contribution in [3.05, 3.63) is 71.9 Å². The molecule has 4 rings (SSSR count). The van der Waals surface area contributed by atoms with Crippen molar-refractivity contribution in [2.24, 2.45) is 0 Å². The van der Waals surface area contributed by atoms with Crippen molar-refractivity contribution in [1.29, 1.82) is 0 Å². The summed E-state index contributed by atoms with van der Waals surface area (Å²) in [6.07, 6.45) is 1.91. The second kappa shape index (κ2) is 8.10. The number of para-hydroxylation sites is 1. The molecule has 29 heavy (non-hydrogen) atoms. The summed E-state index contributed by atoms with van der Waals surface area (Å²) in [5.41, 5.74) is 3.87. The van der Waals surface area contributed by atoms with Crippen LogP contribution in [0, 0.1) is 0 Å². The van der Waals surface area contributed by atoms with Gasteiger partial charge in [-0.05, 0) is 54.8 Å². The zero-order valence-corrected chi connectivity index (χ0v) is 16.1. The first-order valence-corrected chi connectivity index (χ1v) is 9.48. The van der Waals surface area contributed by atoms with Crippen LogP contribution in [0.5, 0.6) is 0 Å². The van der Waals surface area contributed by atoms with Crippen LogP contribution < -0.4 is 15.5 Å². The summed E-state index contributed by atoms with van der Waals surface area (Å²) in [6, 6.07) is 18.6. The van der Waals surface area contributed by atoms with E-state index in [0.29, 0.717) is 23.7 Å². The Labute approximate surface area is 168 Å². The first kappa shape index (κ1) is 18.6. The number of fused-ring (bicyclic) bond motifs is 1. The van der Waals surface area contributed by atoms with Crippen LogP contribution >= 0.6 is 0 Å². The average Bonchev–Trinajstić information content (AvgIpc) is 2.73. The van der Waals surface area contributed by atoms with E-state index in [0.717, 1.165) is 24.2 Å². The molecular weight excluding hydrogens is 366 g/mol. The van der Waals surface area contributed by atoms with E-state index in [-0.39, 0.29) is 11.8 Å². The van der Waals surface area contributed by atoms with Gasteiger partial charge in [0.2, 0.25) is 5.91 Å². The normalized spacial score (nSPS) is 12.8. The molecule has 2 aromatic carbocycles. The van der Waals surface area contributed by atoms with Crippen molar-refractivity contribution in [2.45, 2.75) is 19.8 Å². The standard InChI is InChI=1S/C22H21N5O2/c1-15(28)23-17-8-4-9-18(14-17)24-21-12-11-19(25-26-21)22(29)27-13-5-7-16-6-2-3-10-20(16)27/h2-4,6,8-12,14H,5,7,13H2,1H3,(H,23,28)(H,24,26). The van der Waals surface area contributed by atoms with E-state index in [9.17, 15) is 9.59 Å². The maximum absolute atomic E-state index is 12.9. The number of rotatable bonds is 4. The van der Waals surface area contributed by atoms with Crippen LogP contribution in [-0.4, -0.2) is 28.6 Å². The van der Waals surface area contributed by atoms with Gasteiger partial charge in [-0.2, -0.15) is 0 Å². The second-order valence-corrected chi connectivity index (χ2v) is 6.88. The maximum atomic E-state index is 12.9. The third-order valence-electron chi connectivity index (χ3n) is 4.69. The maximum Gasteiger partial charge on any atom is 0.278 e. The number of aromatic nitrogens is 2. The summed E-state index contributed by atoms with van der Waals surface area (Å²) in [4.78, 5) is 25.9. The molecule has 1 aliphatic rings. The molecular formula is C22H21N5O2. The molecule has 0 saturated heterocycles. The molecule has 1 aliphatic heterocycles. The van der Waals surface area contributed by atoms with E-state index < -0.39 is 0 Å². The van der Waals surface area contributed by atoms with E-state index in [1.165, 1.54) is 12.5 Å². The lowest BCUT2D eigenvalue weighted by atomic mass is 10.0. The van der Waals surface area contributed by atoms with Gasteiger partial charge < -0.3 is 15.5 Å². The highest BCUT2D eigenvalue weighted by molar-refractivity contribution is 6.05. The fourth-order valence-corrected chi connectivity index (χ4v) is 3.42. The van der Waals surface area contributed by atoms with Crippen LogP contribution in [0.2, 0.25) is 0 Å². The van der Waals surface area contributed by atoms with Crippen molar-refractivity contribution in [3.8, 4) is 0 Å². The minimum absolute atomic E-state index is 0.135. The molecule has 0 atom stereocenters. The molecule has 7 heteroatoms. The molecule has 7 nitrogen and oxygen atoms in total. The Morgan fingerprint density at radius 2 is 1.79 bits per heavy atom. The fourth-order valence-electron chi connectivity index (χ4n) is 3.42. The number of carbonyl (C=O) groups is 2. The monoisotopic (exact) mass is 387 g/mol. The number of nitrogens with one attached hydrogen (secondary N) is 2. The molecule has 0 saturated carbocycles. The number of aryl methyl sites for hydroxylation is 1. The minimum atomic E-state index is -0.149. The van der Waals surface area contributed by atoms with Crippen molar-refractivity contribution in [2.75, 3.05) is 22.1 Å². The molecule has 2 amide bonds. The Morgan fingerprint density at radius 1 is 0.966 bits per heavy atom. The second-order valence-electron chi connectivity index (χ2n) is 6.88. The summed E-state index contributed by atoms with van der Waals surface area (Å²) < 4.78 is 0. The quantitative estimate of drug-likeness (QED) is 0.712. The Bertz CT molecular complexity index is 1050. The highest BCUT2D eigenvalue weighted by Crippen LogP contribution is 2.28. The molecule has 0 unspecified atom stereocenters. The van der Waals surface area contributed by atoms with Gasteiger partial charge in [0, 0.05) is 30.5 Å². The summed E-state index contributed by atoms with van der Waals surface area (Å²) >= 11 is 0. The van der Waals surface area contributed by atoms with Gasteiger partial charge in [0.25, 0.3) is 5.91 Å². The summed E-state index contributed by atoms with van der Waals surface area (Å²) in [7, 11) is 0. The predicted molar refractivity (Wildman–Crippen MR) is 112 cm³/mol. The van der Waals surface area contributed by atoms with E-state index >= 15 is 0 Å². The number of benzene rings is 2. The molecule has 0 aliphatic carbocycles. The van der Waals surface area contributed by atoms with E-state index in [4.69, 9.17) is 0 Å². The lowest BCUT2D eigenvalue weighted by molar-refractivity contribution is -0.114. The highest BCUT2D eigenvalue weighted by atomic mass is 16.2.